The maximum Gasteiger partial charge on any atom is 0.203 e. The van der Waals surface area contributed by atoms with Crippen LogP contribution in [0.2, 0.25) is 0 Å². The van der Waals surface area contributed by atoms with E-state index in [-0.39, 0.29) is 0 Å². The first-order valence-corrected chi connectivity index (χ1v) is 7.10. The van der Waals surface area contributed by atoms with E-state index >= 15 is 0 Å². The van der Waals surface area contributed by atoms with Gasteiger partial charge in [0.2, 0.25) is 5.75 Å². The molecule has 23 heavy (non-hydrogen) atoms. The highest BCUT2D eigenvalue weighted by Gasteiger charge is 2.14. The number of methoxy groups -OCH3 is 3. The van der Waals surface area contributed by atoms with Crippen molar-refractivity contribution in [2.45, 2.75) is 13.0 Å². The molecule has 2 aromatic carbocycles. The first-order chi connectivity index (χ1) is 11.2. The van der Waals surface area contributed by atoms with Gasteiger partial charge in [0, 0.05) is 12.1 Å². The van der Waals surface area contributed by atoms with Gasteiger partial charge >= 0.3 is 0 Å². The van der Waals surface area contributed by atoms with Crippen LogP contribution >= 0.6 is 0 Å². The SMILES string of the molecule is COc1cc(OCc2ccccc2CC#N)cc(OC)c1OC. The number of nitriles is 1. The van der Waals surface area contributed by atoms with Crippen molar-refractivity contribution in [1.29, 1.82) is 5.26 Å². The van der Waals surface area contributed by atoms with Crippen LogP contribution in [-0.2, 0) is 13.0 Å². The molecule has 0 amide bonds. The lowest BCUT2D eigenvalue weighted by Crippen LogP contribution is -2.01. The smallest absolute Gasteiger partial charge is 0.203 e. The third-order valence-electron chi connectivity index (χ3n) is 3.42. The van der Waals surface area contributed by atoms with E-state index in [9.17, 15) is 0 Å². The summed E-state index contributed by atoms with van der Waals surface area (Å²) in [5.74, 6) is 2.19. The van der Waals surface area contributed by atoms with E-state index in [1.807, 2.05) is 24.3 Å². The topological polar surface area (TPSA) is 60.7 Å². The summed E-state index contributed by atoms with van der Waals surface area (Å²) in [4.78, 5) is 0. The van der Waals surface area contributed by atoms with Crippen LogP contribution in [0, 0.1) is 11.3 Å². The molecule has 0 aliphatic carbocycles. The summed E-state index contributed by atoms with van der Waals surface area (Å²) in [5, 5.41) is 8.89. The Bertz CT molecular complexity index is 681. The van der Waals surface area contributed by atoms with E-state index in [1.165, 1.54) is 0 Å². The number of ether oxygens (including phenoxy) is 4. The number of hydrogen-bond acceptors (Lipinski definition) is 5. The molecule has 0 radical (unpaired) electrons. The fraction of sp³-hybridized carbons (Fsp3) is 0.278. The van der Waals surface area contributed by atoms with Gasteiger partial charge in [0.1, 0.15) is 12.4 Å². The molecule has 0 spiro atoms. The minimum Gasteiger partial charge on any atom is -0.493 e. The molecular weight excluding hydrogens is 294 g/mol. The van der Waals surface area contributed by atoms with E-state index < -0.39 is 0 Å². The Hall–Kier alpha value is -2.87. The van der Waals surface area contributed by atoms with Crippen LogP contribution in [0.3, 0.4) is 0 Å². The average Bonchev–Trinajstić information content (AvgIpc) is 2.60. The van der Waals surface area contributed by atoms with Gasteiger partial charge in [0.25, 0.3) is 0 Å². The van der Waals surface area contributed by atoms with Gasteiger partial charge in [0.05, 0.1) is 33.8 Å². The molecule has 5 heteroatoms. The van der Waals surface area contributed by atoms with Crippen LogP contribution in [0.25, 0.3) is 0 Å². The lowest BCUT2D eigenvalue weighted by Gasteiger charge is -2.15. The second-order valence-electron chi connectivity index (χ2n) is 4.75. The second-order valence-corrected chi connectivity index (χ2v) is 4.75. The van der Waals surface area contributed by atoms with E-state index in [4.69, 9.17) is 24.2 Å². The summed E-state index contributed by atoms with van der Waals surface area (Å²) >= 11 is 0. The molecule has 120 valence electrons. The number of hydrogen-bond donors (Lipinski definition) is 0. The monoisotopic (exact) mass is 313 g/mol. The Kier molecular flexibility index (Phi) is 5.70. The zero-order valence-corrected chi connectivity index (χ0v) is 13.5. The number of benzene rings is 2. The molecule has 0 atom stereocenters. The number of rotatable bonds is 7. The minimum atomic E-state index is 0.356. The quantitative estimate of drug-likeness (QED) is 0.784. The Morgan fingerprint density at radius 3 is 2.04 bits per heavy atom. The zero-order chi connectivity index (χ0) is 16.7. The highest BCUT2D eigenvalue weighted by atomic mass is 16.5. The van der Waals surface area contributed by atoms with Crippen molar-refractivity contribution in [3.63, 3.8) is 0 Å². The molecule has 0 bridgehead atoms. The van der Waals surface area contributed by atoms with Gasteiger partial charge < -0.3 is 18.9 Å². The van der Waals surface area contributed by atoms with Crippen molar-refractivity contribution in [3.05, 3.63) is 47.5 Å². The maximum absolute atomic E-state index is 8.89. The second kappa shape index (κ2) is 7.95. The molecule has 0 saturated carbocycles. The lowest BCUT2D eigenvalue weighted by atomic mass is 10.1. The van der Waals surface area contributed by atoms with Crippen LogP contribution in [0.15, 0.2) is 36.4 Å². The fourth-order valence-electron chi connectivity index (χ4n) is 2.26. The molecule has 0 N–H and O–H groups in total. The Morgan fingerprint density at radius 1 is 0.913 bits per heavy atom. The molecule has 0 saturated heterocycles. The van der Waals surface area contributed by atoms with E-state index in [2.05, 4.69) is 6.07 Å². The van der Waals surface area contributed by atoms with Gasteiger partial charge in [-0.1, -0.05) is 24.3 Å². The van der Waals surface area contributed by atoms with Crippen LogP contribution in [0.4, 0.5) is 0 Å². The summed E-state index contributed by atoms with van der Waals surface area (Å²) in [6.45, 7) is 0.358. The molecule has 0 heterocycles. The van der Waals surface area contributed by atoms with Crippen molar-refractivity contribution >= 4 is 0 Å². The Labute approximate surface area is 136 Å². The van der Waals surface area contributed by atoms with Crippen molar-refractivity contribution in [2.24, 2.45) is 0 Å². The van der Waals surface area contributed by atoms with Crippen LogP contribution in [0.1, 0.15) is 11.1 Å². The molecule has 0 aliphatic rings. The van der Waals surface area contributed by atoms with E-state index in [0.29, 0.717) is 36.0 Å². The summed E-state index contributed by atoms with van der Waals surface area (Å²) in [7, 11) is 4.67. The molecule has 0 aromatic heterocycles. The third-order valence-corrected chi connectivity index (χ3v) is 3.42. The number of nitrogens with zero attached hydrogens (tertiary/aromatic N) is 1. The normalized spacial score (nSPS) is 9.83. The molecule has 0 fully saturated rings. The maximum atomic E-state index is 8.89. The van der Waals surface area contributed by atoms with Crippen LogP contribution < -0.4 is 18.9 Å². The fourth-order valence-corrected chi connectivity index (χ4v) is 2.26. The zero-order valence-electron chi connectivity index (χ0n) is 13.5. The highest BCUT2D eigenvalue weighted by molar-refractivity contribution is 5.55. The van der Waals surface area contributed by atoms with Gasteiger partial charge in [-0.3, -0.25) is 0 Å². The van der Waals surface area contributed by atoms with Crippen molar-refractivity contribution in [3.8, 4) is 29.1 Å². The average molecular weight is 313 g/mol. The summed E-state index contributed by atoms with van der Waals surface area (Å²) in [5.41, 5.74) is 1.94. The standard InChI is InChI=1S/C18H19NO4/c1-20-16-10-15(11-17(21-2)18(16)22-3)23-12-14-7-5-4-6-13(14)8-9-19/h4-7,10-11H,8,12H2,1-3H3. The predicted molar refractivity (Wildman–Crippen MR) is 86.2 cm³/mol. The molecule has 2 rings (SSSR count). The highest BCUT2D eigenvalue weighted by Crippen LogP contribution is 2.40. The van der Waals surface area contributed by atoms with Crippen molar-refractivity contribution in [2.75, 3.05) is 21.3 Å². The molecule has 5 nitrogen and oxygen atoms in total. The van der Waals surface area contributed by atoms with Crippen LogP contribution in [0.5, 0.6) is 23.0 Å². The first-order valence-electron chi connectivity index (χ1n) is 7.10. The summed E-state index contributed by atoms with van der Waals surface area (Å²) < 4.78 is 21.7. The van der Waals surface area contributed by atoms with E-state index in [0.717, 1.165) is 11.1 Å². The molecule has 2 aromatic rings. The molecule has 0 aliphatic heterocycles. The Balaban J connectivity index is 2.23. The van der Waals surface area contributed by atoms with E-state index in [1.54, 1.807) is 33.5 Å². The Morgan fingerprint density at radius 2 is 1.52 bits per heavy atom. The minimum absolute atomic E-state index is 0.356. The van der Waals surface area contributed by atoms with Gasteiger partial charge in [0.15, 0.2) is 11.5 Å². The van der Waals surface area contributed by atoms with Crippen molar-refractivity contribution in [1.82, 2.24) is 0 Å². The predicted octanol–water partition coefficient (Wildman–Crippen LogP) is 3.36. The largest absolute Gasteiger partial charge is 0.493 e. The van der Waals surface area contributed by atoms with Gasteiger partial charge in [-0.2, -0.15) is 5.26 Å². The van der Waals surface area contributed by atoms with Gasteiger partial charge in [-0.25, -0.2) is 0 Å². The lowest BCUT2D eigenvalue weighted by molar-refractivity contribution is 0.290. The molecular formula is C18H19NO4. The van der Waals surface area contributed by atoms with Crippen molar-refractivity contribution < 1.29 is 18.9 Å². The van der Waals surface area contributed by atoms with Gasteiger partial charge in [-0.15, -0.1) is 0 Å². The van der Waals surface area contributed by atoms with Crippen LogP contribution in [-0.4, -0.2) is 21.3 Å². The third kappa shape index (κ3) is 3.86. The molecule has 0 unspecified atom stereocenters. The summed E-state index contributed by atoms with van der Waals surface area (Å²) in [6, 6.07) is 13.4. The summed E-state index contributed by atoms with van der Waals surface area (Å²) in [6.07, 6.45) is 0.356. The first kappa shape index (κ1) is 16.5. The van der Waals surface area contributed by atoms with Gasteiger partial charge in [-0.05, 0) is 11.1 Å².